The van der Waals surface area contributed by atoms with Crippen molar-refractivity contribution in [2.45, 2.75) is 45.1 Å². The van der Waals surface area contributed by atoms with Crippen molar-refractivity contribution in [3.8, 4) is 11.5 Å². The smallest absolute Gasteiger partial charge is 0.262 e. The van der Waals surface area contributed by atoms with Crippen LogP contribution in [0, 0.1) is 0 Å². The van der Waals surface area contributed by atoms with E-state index < -0.39 is 0 Å². The molecule has 3 rings (SSSR count). The van der Waals surface area contributed by atoms with E-state index >= 15 is 0 Å². The van der Waals surface area contributed by atoms with E-state index in [0.717, 1.165) is 23.9 Å². The number of benzene rings is 2. The van der Waals surface area contributed by atoms with Crippen LogP contribution in [0.3, 0.4) is 0 Å². The lowest BCUT2D eigenvalue weighted by Gasteiger charge is -2.20. The van der Waals surface area contributed by atoms with Crippen molar-refractivity contribution in [2.24, 2.45) is 0 Å². The van der Waals surface area contributed by atoms with E-state index in [1.807, 2.05) is 42.5 Å². The van der Waals surface area contributed by atoms with E-state index in [4.69, 9.17) is 14.2 Å². The summed E-state index contributed by atoms with van der Waals surface area (Å²) in [5.74, 6) is 1.02. The average Bonchev–Trinajstić information content (AvgIpc) is 3.19. The maximum atomic E-state index is 12.4. The van der Waals surface area contributed by atoms with Crippen LogP contribution in [0.4, 0.5) is 5.69 Å². The fraction of sp³-hybridized carbons (Fsp3) is 0.435. The van der Waals surface area contributed by atoms with Gasteiger partial charge >= 0.3 is 0 Å². The van der Waals surface area contributed by atoms with E-state index in [-0.39, 0.29) is 24.0 Å². The number of carbonyl (C=O) groups excluding carboxylic acids is 1. The minimum Gasteiger partial charge on any atom is -0.489 e. The number of rotatable bonds is 7. The van der Waals surface area contributed by atoms with Gasteiger partial charge in [0.05, 0.1) is 16.3 Å². The van der Waals surface area contributed by atoms with Crippen LogP contribution in [0.1, 0.15) is 39.2 Å². The normalized spacial score (nSPS) is 16.5. The number of ether oxygens (including phenoxy) is 3. The van der Waals surface area contributed by atoms with Crippen molar-refractivity contribution in [3.63, 3.8) is 0 Å². The number of halogens is 1. The molecule has 156 valence electrons. The predicted molar refractivity (Wildman–Crippen MR) is 118 cm³/mol. The Morgan fingerprint density at radius 2 is 1.97 bits per heavy atom. The first-order valence-electron chi connectivity index (χ1n) is 9.89. The molecule has 6 heteroatoms. The van der Waals surface area contributed by atoms with Crippen molar-refractivity contribution in [1.29, 1.82) is 0 Å². The fourth-order valence-corrected chi connectivity index (χ4v) is 3.56. The summed E-state index contributed by atoms with van der Waals surface area (Å²) in [7, 11) is 0. The van der Waals surface area contributed by atoms with Gasteiger partial charge in [-0.25, -0.2) is 0 Å². The number of anilines is 1. The monoisotopic (exact) mass is 461 g/mol. The standard InChI is InChI=1S/C23H28BrNO4/c1-23(2,3)16-10-11-20(18(24)13-16)29-15-22(26)25-19-8-4-5-9-21(19)28-14-17-7-6-12-27-17/h4-5,8-11,13,17H,6-7,12,14-15H2,1-3H3,(H,25,26). The summed E-state index contributed by atoms with van der Waals surface area (Å²) in [6.07, 6.45) is 2.19. The average molecular weight is 462 g/mol. The number of nitrogens with one attached hydrogen (secondary N) is 1. The third-order valence-corrected chi connectivity index (χ3v) is 5.39. The van der Waals surface area contributed by atoms with Gasteiger partial charge in [0, 0.05) is 6.61 Å². The highest BCUT2D eigenvalue weighted by Gasteiger charge is 2.18. The number of para-hydroxylation sites is 2. The van der Waals surface area contributed by atoms with Crippen LogP contribution in [0.25, 0.3) is 0 Å². The summed E-state index contributed by atoms with van der Waals surface area (Å²) < 4.78 is 18.0. The number of hydrogen-bond acceptors (Lipinski definition) is 4. The van der Waals surface area contributed by atoms with Crippen LogP contribution in [-0.4, -0.2) is 31.8 Å². The van der Waals surface area contributed by atoms with Gasteiger partial charge in [0.2, 0.25) is 0 Å². The van der Waals surface area contributed by atoms with Crippen molar-refractivity contribution in [1.82, 2.24) is 0 Å². The first-order chi connectivity index (χ1) is 13.8. The van der Waals surface area contributed by atoms with Crippen LogP contribution >= 0.6 is 15.9 Å². The van der Waals surface area contributed by atoms with E-state index in [0.29, 0.717) is 23.8 Å². The highest BCUT2D eigenvalue weighted by atomic mass is 79.9. The summed E-state index contributed by atoms with van der Waals surface area (Å²) in [5, 5.41) is 2.87. The molecule has 0 aliphatic carbocycles. The lowest BCUT2D eigenvalue weighted by atomic mass is 9.87. The lowest BCUT2D eigenvalue weighted by Crippen LogP contribution is -2.22. The summed E-state index contributed by atoms with van der Waals surface area (Å²) in [6, 6.07) is 13.3. The van der Waals surface area contributed by atoms with Gasteiger partial charge in [-0.05, 0) is 64.0 Å². The molecule has 1 atom stereocenters. The Hall–Kier alpha value is -2.05. The summed E-state index contributed by atoms with van der Waals surface area (Å²) in [4.78, 5) is 12.4. The van der Waals surface area contributed by atoms with Gasteiger partial charge in [-0.15, -0.1) is 0 Å². The zero-order valence-corrected chi connectivity index (χ0v) is 18.8. The Morgan fingerprint density at radius 1 is 1.17 bits per heavy atom. The second kappa shape index (κ2) is 9.63. The highest BCUT2D eigenvalue weighted by Crippen LogP contribution is 2.31. The molecule has 0 aromatic heterocycles. The molecule has 0 radical (unpaired) electrons. The van der Waals surface area contributed by atoms with Crippen LogP contribution in [0.5, 0.6) is 11.5 Å². The molecule has 2 aromatic carbocycles. The molecule has 0 spiro atoms. The topological polar surface area (TPSA) is 56.8 Å². The summed E-state index contributed by atoms with van der Waals surface area (Å²) >= 11 is 3.53. The van der Waals surface area contributed by atoms with E-state index in [2.05, 4.69) is 42.0 Å². The Labute approximate surface area is 180 Å². The van der Waals surface area contributed by atoms with Crippen LogP contribution in [-0.2, 0) is 14.9 Å². The first kappa shape index (κ1) is 21.7. The van der Waals surface area contributed by atoms with Gasteiger partial charge in [-0.3, -0.25) is 4.79 Å². The molecule has 1 aliphatic rings. The summed E-state index contributed by atoms with van der Waals surface area (Å²) in [5.41, 5.74) is 1.87. The van der Waals surface area contributed by atoms with Crippen molar-refractivity contribution in [2.75, 3.05) is 25.1 Å². The quantitative estimate of drug-likeness (QED) is 0.605. The second-order valence-corrected chi connectivity index (χ2v) is 9.03. The highest BCUT2D eigenvalue weighted by molar-refractivity contribution is 9.10. The molecule has 1 aliphatic heterocycles. The van der Waals surface area contributed by atoms with Crippen LogP contribution in [0.2, 0.25) is 0 Å². The molecule has 1 amide bonds. The molecule has 1 saturated heterocycles. The molecule has 5 nitrogen and oxygen atoms in total. The molecule has 1 heterocycles. The molecule has 1 fully saturated rings. The molecule has 0 saturated carbocycles. The van der Waals surface area contributed by atoms with Gasteiger partial charge in [0.1, 0.15) is 18.1 Å². The van der Waals surface area contributed by atoms with Gasteiger partial charge < -0.3 is 19.5 Å². The Kier molecular flexibility index (Phi) is 7.19. The predicted octanol–water partition coefficient (Wildman–Crippen LogP) is 5.32. The maximum Gasteiger partial charge on any atom is 0.262 e. The minimum atomic E-state index is -0.245. The minimum absolute atomic E-state index is 0.0473. The Bertz CT molecular complexity index is 841. The molecule has 29 heavy (non-hydrogen) atoms. The van der Waals surface area contributed by atoms with Crippen molar-refractivity contribution >= 4 is 27.5 Å². The van der Waals surface area contributed by atoms with E-state index in [1.54, 1.807) is 0 Å². The van der Waals surface area contributed by atoms with Crippen LogP contribution in [0.15, 0.2) is 46.9 Å². The largest absolute Gasteiger partial charge is 0.489 e. The van der Waals surface area contributed by atoms with Gasteiger partial charge in [-0.1, -0.05) is 39.0 Å². The Balaban J connectivity index is 1.56. The molecular formula is C23H28BrNO4. The number of amides is 1. The summed E-state index contributed by atoms with van der Waals surface area (Å²) in [6.45, 7) is 7.64. The van der Waals surface area contributed by atoms with Gasteiger partial charge in [-0.2, -0.15) is 0 Å². The lowest BCUT2D eigenvalue weighted by molar-refractivity contribution is -0.118. The van der Waals surface area contributed by atoms with Gasteiger partial charge in [0.15, 0.2) is 6.61 Å². The number of carbonyl (C=O) groups is 1. The third kappa shape index (κ3) is 6.21. The molecule has 1 unspecified atom stereocenters. The fourth-order valence-electron chi connectivity index (χ4n) is 3.07. The first-order valence-corrected chi connectivity index (χ1v) is 10.7. The number of hydrogen-bond donors (Lipinski definition) is 1. The molecule has 0 bridgehead atoms. The van der Waals surface area contributed by atoms with E-state index in [9.17, 15) is 4.79 Å². The van der Waals surface area contributed by atoms with Crippen molar-refractivity contribution in [3.05, 3.63) is 52.5 Å². The van der Waals surface area contributed by atoms with E-state index in [1.165, 1.54) is 5.56 Å². The zero-order valence-electron chi connectivity index (χ0n) is 17.2. The maximum absolute atomic E-state index is 12.4. The molecule has 2 aromatic rings. The third-order valence-electron chi connectivity index (χ3n) is 4.77. The van der Waals surface area contributed by atoms with Crippen molar-refractivity contribution < 1.29 is 19.0 Å². The van der Waals surface area contributed by atoms with Gasteiger partial charge in [0.25, 0.3) is 5.91 Å². The SMILES string of the molecule is CC(C)(C)c1ccc(OCC(=O)Nc2ccccc2OCC2CCCO2)c(Br)c1. The Morgan fingerprint density at radius 3 is 2.66 bits per heavy atom. The molecule has 1 N–H and O–H groups in total. The van der Waals surface area contributed by atoms with Crippen LogP contribution < -0.4 is 14.8 Å². The molecular weight excluding hydrogens is 434 g/mol. The second-order valence-electron chi connectivity index (χ2n) is 8.17. The zero-order chi connectivity index (χ0) is 20.9.